The van der Waals surface area contributed by atoms with Crippen molar-refractivity contribution < 1.29 is 0 Å². The van der Waals surface area contributed by atoms with Crippen LogP contribution < -0.4 is 5.73 Å². The third-order valence-electron chi connectivity index (χ3n) is 3.44. The number of hydrogen-bond donors (Lipinski definition) is 1. The Morgan fingerprint density at radius 3 is 2.32 bits per heavy atom. The highest BCUT2D eigenvalue weighted by molar-refractivity contribution is 5.81. The van der Waals surface area contributed by atoms with Gasteiger partial charge >= 0.3 is 0 Å². The number of nitrogen functional groups attached to an aromatic ring is 1. The highest BCUT2D eigenvalue weighted by Gasteiger charge is 1.98. The first-order valence-corrected chi connectivity index (χ1v) is 6.70. The van der Waals surface area contributed by atoms with Crippen molar-refractivity contribution in [1.29, 1.82) is 0 Å². The molecule has 0 spiro atoms. The Balaban J connectivity index is 1.63. The predicted molar refractivity (Wildman–Crippen MR) is 81.1 cm³/mol. The third-order valence-corrected chi connectivity index (χ3v) is 3.44. The standard InChI is InChI=1S/C17H18N2/c18-17-9-3-5-14(11-17)6-4-10-19-12-15-7-1-2-8-16(15)13-19/h1-3,5,7-9,11-13H,4,6,10,18H2. The lowest BCUT2D eigenvalue weighted by Crippen LogP contribution is -1.97. The van der Waals surface area contributed by atoms with E-state index in [1.807, 2.05) is 12.1 Å². The Morgan fingerprint density at radius 1 is 0.895 bits per heavy atom. The van der Waals surface area contributed by atoms with Crippen LogP contribution in [0.2, 0.25) is 0 Å². The average molecular weight is 250 g/mol. The van der Waals surface area contributed by atoms with Crippen molar-refractivity contribution in [3.05, 3.63) is 66.5 Å². The SMILES string of the molecule is Nc1cccc(CCCn2cc3ccccc3c2)c1. The van der Waals surface area contributed by atoms with Crippen molar-refractivity contribution in [2.45, 2.75) is 19.4 Å². The summed E-state index contributed by atoms with van der Waals surface area (Å²) in [5.41, 5.74) is 7.95. The van der Waals surface area contributed by atoms with Crippen LogP contribution in [0.3, 0.4) is 0 Å². The number of aromatic nitrogens is 1. The second-order valence-electron chi connectivity index (χ2n) is 4.97. The van der Waals surface area contributed by atoms with Gasteiger partial charge in [-0.3, -0.25) is 0 Å². The van der Waals surface area contributed by atoms with Crippen molar-refractivity contribution in [1.82, 2.24) is 4.57 Å². The lowest BCUT2D eigenvalue weighted by Gasteiger charge is -2.04. The molecule has 1 aromatic heterocycles. The first kappa shape index (κ1) is 11.8. The van der Waals surface area contributed by atoms with Gasteiger partial charge in [-0.2, -0.15) is 0 Å². The molecule has 2 N–H and O–H groups in total. The van der Waals surface area contributed by atoms with Crippen LogP contribution in [-0.4, -0.2) is 4.57 Å². The molecule has 2 aromatic carbocycles. The number of aryl methyl sites for hydroxylation is 2. The summed E-state index contributed by atoms with van der Waals surface area (Å²) >= 11 is 0. The van der Waals surface area contributed by atoms with E-state index in [1.165, 1.54) is 16.3 Å². The van der Waals surface area contributed by atoms with Crippen molar-refractivity contribution in [3.63, 3.8) is 0 Å². The molecular weight excluding hydrogens is 232 g/mol. The molecule has 0 saturated heterocycles. The van der Waals surface area contributed by atoms with E-state index >= 15 is 0 Å². The van der Waals surface area contributed by atoms with Gasteiger partial charge in [0.1, 0.15) is 0 Å². The topological polar surface area (TPSA) is 30.9 Å². The first-order valence-electron chi connectivity index (χ1n) is 6.70. The van der Waals surface area contributed by atoms with Crippen molar-refractivity contribution in [3.8, 4) is 0 Å². The molecule has 0 aliphatic heterocycles. The molecule has 2 nitrogen and oxygen atoms in total. The molecule has 0 aliphatic carbocycles. The van der Waals surface area contributed by atoms with Crippen LogP contribution in [0.25, 0.3) is 10.8 Å². The number of fused-ring (bicyclic) bond motifs is 1. The van der Waals surface area contributed by atoms with E-state index < -0.39 is 0 Å². The van der Waals surface area contributed by atoms with E-state index in [9.17, 15) is 0 Å². The van der Waals surface area contributed by atoms with E-state index in [2.05, 4.69) is 53.4 Å². The zero-order valence-electron chi connectivity index (χ0n) is 10.9. The fourth-order valence-corrected chi connectivity index (χ4v) is 2.48. The van der Waals surface area contributed by atoms with Gasteiger partial charge in [-0.15, -0.1) is 0 Å². The monoisotopic (exact) mass is 250 g/mol. The minimum Gasteiger partial charge on any atom is -0.399 e. The molecule has 3 aromatic rings. The summed E-state index contributed by atoms with van der Waals surface area (Å²) in [5.74, 6) is 0. The Labute approximate surface area is 113 Å². The molecule has 19 heavy (non-hydrogen) atoms. The number of nitrogens with two attached hydrogens (primary N) is 1. The maximum Gasteiger partial charge on any atom is 0.0316 e. The third kappa shape index (κ3) is 2.79. The Bertz CT molecular complexity index is 649. The number of rotatable bonds is 4. The molecule has 2 heteroatoms. The molecule has 0 amide bonds. The molecule has 0 unspecified atom stereocenters. The molecule has 0 bridgehead atoms. The second kappa shape index (κ2) is 5.19. The Morgan fingerprint density at radius 2 is 1.63 bits per heavy atom. The average Bonchev–Trinajstić information content (AvgIpc) is 2.81. The minimum atomic E-state index is 0.851. The minimum absolute atomic E-state index is 0.851. The van der Waals surface area contributed by atoms with Crippen molar-refractivity contribution in [2.24, 2.45) is 0 Å². The van der Waals surface area contributed by atoms with E-state index in [0.717, 1.165) is 25.1 Å². The highest BCUT2D eigenvalue weighted by Crippen LogP contribution is 2.15. The highest BCUT2D eigenvalue weighted by atomic mass is 14.9. The van der Waals surface area contributed by atoms with E-state index in [4.69, 9.17) is 5.73 Å². The molecular formula is C17H18N2. The van der Waals surface area contributed by atoms with Crippen molar-refractivity contribution in [2.75, 3.05) is 5.73 Å². The van der Waals surface area contributed by atoms with Crippen LogP contribution in [-0.2, 0) is 13.0 Å². The van der Waals surface area contributed by atoms with Gasteiger partial charge in [0, 0.05) is 24.6 Å². The molecule has 0 saturated carbocycles. The molecule has 3 rings (SSSR count). The van der Waals surface area contributed by atoms with Crippen LogP contribution in [0.4, 0.5) is 5.69 Å². The van der Waals surface area contributed by atoms with Crippen LogP contribution in [0.5, 0.6) is 0 Å². The van der Waals surface area contributed by atoms with Crippen LogP contribution in [0.1, 0.15) is 12.0 Å². The fourth-order valence-electron chi connectivity index (χ4n) is 2.48. The zero-order valence-corrected chi connectivity index (χ0v) is 10.9. The van der Waals surface area contributed by atoms with E-state index in [1.54, 1.807) is 0 Å². The Kier molecular flexibility index (Phi) is 3.23. The largest absolute Gasteiger partial charge is 0.399 e. The number of anilines is 1. The summed E-state index contributed by atoms with van der Waals surface area (Å²) in [6, 6.07) is 16.6. The number of nitrogens with zero attached hydrogens (tertiary/aromatic N) is 1. The van der Waals surface area contributed by atoms with Gasteiger partial charge in [-0.25, -0.2) is 0 Å². The maximum absolute atomic E-state index is 5.79. The number of benzene rings is 2. The van der Waals surface area contributed by atoms with Gasteiger partial charge in [0.2, 0.25) is 0 Å². The lowest BCUT2D eigenvalue weighted by molar-refractivity contribution is 0.648. The lowest BCUT2D eigenvalue weighted by atomic mass is 10.1. The van der Waals surface area contributed by atoms with Gasteiger partial charge < -0.3 is 10.3 Å². The van der Waals surface area contributed by atoms with E-state index in [-0.39, 0.29) is 0 Å². The molecule has 0 atom stereocenters. The Hall–Kier alpha value is -2.22. The maximum atomic E-state index is 5.79. The van der Waals surface area contributed by atoms with Gasteiger partial charge in [-0.1, -0.05) is 36.4 Å². The van der Waals surface area contributed by atoms with Gasteiger partial charge in [0.25, 0.3) is 0 Å². The summed E-state index contributed by atoms with van der Waals surface area (Å²) in [5, 5.41) is 2.62. The summed E-state index contributed by atoms with van der Waals surface area (Å²) in [6.45, 7) is 1.05. The molecule has 96 valence electrons. The summed E-state index contributed by atoms with van der Waals surface area (Å²) in [4.78, 5) is 0. The van der Waals surface area contributed by atoms with Crippen molar-refractivity contribution >= 4 is 16.5 Å². The molecule has 0 aliphatic rings. The molecule has 0 radical (unpaired) electrons. The molecule has 1 heterocycles. The summed E-state index contributed by atoms with van der Waals surface area (Å²) < 4.78 is 2.27. The van der Waals surface area contributed by atoms with Crippen LogP contribution in [0, 0.1) is 0 Å². The smallest absolute Gasteiger partial charge is 0.0316 e. The van der Waals surface area contributed by atoms with E-state index in [0.29, 0.717) is 0 Å². The summed E-state index contributed by atoms with van der Waals surface area (Å²) in [7, 11) is 0. The van der Waals surface area contributed by atoms with Crippen LogP contribution in [0.15, 0.2) is 60.9 Å². The fraction of sp³-hybridized carbons (Fsp3) is 0.176. The van der Waals surface area contributed by atoms with Gasteiger partial charge in [-0.05, 0) is 41.3 Å². The predicted octanol–water partition coefficient (Wildman–Crippen LogP) is 3.86. The van der Waals surface area contributed by atoms with Crippen LogP contribution >= 0.6 is 0 Å². The summed E-state index contributed by atoms with van der Waals surface area (Å²) in [6.07, 6.45) is 6.63. The zero-order chi connectivity index (χ0) is 13.1. The van der Waals surface area contributed by atoms with Gasteiger partial charge in [0.15, 0.2) is 0 Å². The quantitative estimate of drug-likeness (QED) is 0.700. The molecule has 0 fully saturated rings. The van der Waals surface area contributed by atoms with Gasteiger partial charge in [0.05, 0.1) is 0 Å². The first-order chi connectivity index (χ1) is 9.31. The number of hydrogen-bond acceptors (Lipinski definition) is 1. The second-order valence-corrected chi connectivity index (χ2v) is 4.97. The normalized spacial score (nSPS) is 10.9.